The molecule has 2 aliphatic carbocycles. The molecule has 1 saturated heterocycles. The summed E-state index contributed by atoms with van der Waals surface area (Å²) in [5.41, 5.74) is -0.645. The molecule has 0 aromatic heterocycles. The summed E-state index contributed by atoms with van der Waals surface area (Å²) >= 11 is 0. The molecular weight excluding hydrogens is 452 g/mol. The molecule has 8 heteroatoms. The second-order valence-corrected chi connectivity index (χ2v) is 11.0. The maximum Gasteiger partial charge on any atom is 0.333 e. The van der Waals surface area contributed by atoms with Crippen LogP contribution in [0, 0.1) is 22.7 Å². The Hall–Kier alpha value is -2.19. The zero-order valence-corrected chi connectivity index (χ0v) is 21.4. The van der Waals surface area contributed by atoms with Gasteiger partial charge in [-0.05, 0) is 56.9 Å². The third-order valence-corrected chi connectivity index (χ3v) is 9.41. The van der Waals surface area contributed by atoms with Crippen LogP contribution >= 0.6 is 0 Å². The second kappa shape index (κ2) is 9.36. The van der Waals surface area contributed by atoms with E-state index >= 15 is 0 Å². The minimum Gasteiger partial charge on any atom is -0.465 e. The van der Waals surface area contributed by atoms with E-state index in [1.54, 1.807) is 19.9 Å². The number of epoxide rings is 1. The van der Waals surface area contributed by atoms with Crippen molar-refractivity contribution in [1.82, 2.24) is 0 Å². The molecule has 194 valence electrons. The smallest absolute Gasteiger partial charge is 0.333 e. The SMILES string of the molecule is C/C=C(\C)C(=O)O[C@H]1C[C@H](C)[C@](C)([C@@H](O)CC2=CC(=O)OC2)[C@H]2CCC[C@]3(CO3)[C@]12COC(C)=O. The van der Waals surface area contributed by atoms with E-state index in [4.69, 9.17) is 18.9 Å². The van der Waals surface area contributed by atoms with Gasteiger partial charge in [-0.1, -0.05) is 26.3 Å². The van der Waals surface area contributed by atoms with E-state index in [0.717, 1.165) is 24.8 Å². The predicted molar refractivity (Wildman–Crippen MR) is 126 cm³/mol. The third-order valence-electron chi connectivity index (χ3n) is 9.41. The van der Waals surface area contributed by atoms with Crippen molar-refractivity contribution in [2.75, 3.05) is 19.8 Å². The fourth-order valence-electron chi connectivity index (χ4n) is 7.01. The molecule has 35 heavy (non-hydrogen) atoms. The molecule has 0 unspecified atom stereocenters. The Morgan fingerprint density at radius 2 is 2.06 bits per heavy atom. The van der Waals surface area contributed by atoms with Crippen molar-refractivity contribution in [2.24, 2.45) is 22.7 Å². The number of carbonyl (C=O) groups excluding carboxylic acids is 3. The summed E-state index contributed by atoms with van der Waals surface area (Å²) in [4.78, 5) is 36.6. The number of carbonyl (C=O) groups is 3. The van der Waals surface area contributed by atoms with Crippen molar-refractivity contribution in [3.8, 4) is 0 Å². The number of hydrogen-bond donors (Lipinski definition) is 1. The predicted octanol–water partition coefficient (Wildman–Crippen LogP) is 3.26. The van der Waals surface area contributed by atoms with E-state index in [9.17, 15) is 19.5 Å². The summed E-state index contributed by atoms with van der Waals surface area (Å²) in [6.07, 6.45) is 5.21. The van der Waals surface area contributed by atoms with Gasteiger partial charge in [-0.2, -0.15) is 0 Å². The first-order valence-corrected chi connectivity index (χ1v) is 12.7. The van der Waals surface area contributed by atoms with E-state index in [-0.39, 0.29) is 37.0 Å². The quantitative estimate of drug-likeness (QED) is 0.251. The van der Waals surface area contributed by atoms with Crippen LogP contribution in [0.3, 0.4) is 0 Å². The fourth-order valence-corrected chi connectivity index (χ4v) is 7.01. The van der Waals surface area contributed by atoms with Gasteiger partial charge in [-0.25, -0.2) is 9.59 Å². The van der Waals surface area contributed by atoms with Crippen molar-refractivity contribution < 1.29 is 38.4 Å². The Morgan fingerprint density at radius 1 is 1.34 bits per heavy atom. The van der Waals surface area contributed by atoms with Gasteiger partial charge < -0.3 is 24.1 Å². The lowest BCUT2D eigenvalue weighted by Gasteiger charge is -2.63. The van der Waals surface area contributed by atoms with Crippen LogP contribution in [0.2, 0.25) is 0 Å². The molecule has 7 atom stereocenters. The van der Waals surface area contributed by atoms with E-state index in [0.29, 0.717) is 25.0 Å². The van der Waals surface area contributed by atoms with Crippen molar-refractivity contribution in [3.63, 3.8) is 0 Å². The van der Waals surface area contributed by atoms with Gasteiger partial charge in [-0.15, -0.1) is 0 Å². The van der Waals surface area contributed by atoms with Crippen molar-refractivity contribution >= 4 is 17.9 Å². The Morgan fingerprint density at radius 3 is 2.63 bits per heavy atom. The molecule has 4 aliphatic rings. The van der Waals surface area contributed by atoms with Crippen LogP contribution in [0.15, 0.2) is 23.3 Å². The Kier molecular flexibility index (Phi) is 6.92. The van der Waals surface area contributed by atoms with Crippen LogP contribution in [0.4, 0.5) is 0 Å². The third kappa shape index (κ3) is 4.22. The number of esters is 3. The summed E-state index contributed by atoms with van der Waals surface area (Å²) in [5.74, 6) is -1.31. The summed E-state index contributed by atoms with van der Waals surface area (Å²) in [6.45, 7) is 9.84. The maximum atomic E-state index is 12.9. The molecule has 0 aromatic carbocycles. The molecule has 2 aliphatic heterocycles. The Balaban J connectivity index is 1.77. The summed E-state index contributed by atoms with van der Waals surface area (Å²) in [6, 6.07) is 0. The molecule has 1 N–H and O–H groups in total. The summed E-state index contributed by atoms with van der Waals surface area (Å²) in [7, 11) is 0. The zero-order chi connectivity index (χ0) is 25.6. The Labute approximate surface area is 207 Å². The fraction of sp³-hybridized carbons (Fsp3) is 0.741. The molecule has 2 heterocycles. The van der Waals surface area contributed by atoms with Crippen LogP contribution in [-0.4, -0.2) is 60.6 Å². The van der Waals surface area contributed by atoms with Gasteiger partial charge in [0.1, 0.15) is 24.9 Å². The van der Waals surface area contributed by atoms with Crippen LogP contribution in [-0.2, 0) is 33.3 Å². The minimum atomic E-state index is -0.779. The minimum absolute atomic E-state index is 0.0100. The molecular formula is C27H38O8. The highest BCUT2D eigenvalue weighted by Crippen LogP contribution is 2.69. The Bertz CT molecular complexity index is 947. The van der Waals surface area contributed by atoms with Gasteiger partial charge in [0, 0.05) is 24.0 Å². The highest BCUT2D eigenvalue weighted by Gasteiger charge is 2.75. The summed E-state index contributed by atoms with van der Waals surface area (Å²) < 4.78 is 23.1. The van der Waals surface area contributed by atoms with Gasteiger partial charge in [0.25, 0.3) is 0 Å². The zero-order valence-electron chi connectivity index (χ0n) is 21.4. The van der Waals surface area contributed by atoms with E-state index in [1.807, 2.05) is 0 Å². The van der Waals surface area contributed by atoms with Crippen LogP contribution in [0.1, 0.15) is 66.7 Å². The van der Waals surface area contributed by atoms with Crippen molar-refractivity contribution in [1.29, 1.82) is 0 Å². The van der Waals surface area contributed by atoms with Gasteiger partial charge in [0.15, 0.2) is 0 Å². The number of cyclic esters (lactones) is 1. The van der Waals surface area contributed by atoms with Crippen molar-refractivity contribution in [3.05, 3.63) is 23.3 Å². The number of fused-ring (bicyclic) bond motifs is 2. The lowest BCUT2D eigenvalue weighted by molar-refractivity contribution is -0.243. The number of aliphatic hydroxyl groups excluding tert-OH is 1. The largest absolute Gasteiger partial charge is 0.465 e. The normalized spacial score (nSPS) is 39.4. The topological polar surface area (TPSA) is 112 Å². The number of hydrogen-bond acceptors (Lipinski definition) is 8. The molecule has 4 rings (SSSR count). The lowest BCUT2D eigenvalue weighted by atomic mass is 9.42. The molecule has 8 nitrogen and oxygen atoms in total. The highest BCUT2D eigenvalue weighted by molar-refractivity contribution is 5.87. The highest BCUT2D eigenvalue weighted by atomic mass is 16.6. The second-order valence-electron chi connectivity index (χ2n) is 11.0. The number of allylic oxidation sites excluding steroid dienone is 1. The molecule has 3 fully saturated rings. The average Bonchev–Trinajstić information content (AvgIpc) is 3.47. The van der Waals surface area contributed by atoms with Crippen LogP contribution < -0.4 is 0 Å². The van der Waals surface area contributed by atoms with Gasteiger partial charge >= 0.3 is 17.9 Å². The average molecular weight is 491 g/mol. The summed E-state index contributed by atoms with van der Waals surface area (Å²) in [5, 5.41) is 11.7. The van der Waals surface area contributed by atoms with Crippen LogP contribution in [0.5, 0.6) is 0 Å². The van der Waals surface area contributed by atoms with Crippen LogP contribution in [0.25, 0.3) is 0 Å². The lowest BCUT2D eigenvalue weighted by Crippen LogP contribution is -2.69. The number of ether oxygens (including phenoxy) is 4. The standard InChI is InChI=1S/C27H38O8/c1-6-16(2)24(31)35-22-10-17(3)25(5,21(29)11-19-12-23(30)32-13-19)20-8-7-9-26(14-34-26)27(20,22)15-33-18(4)28/h6,12,17,20-22,29H,7-11,13-15H2,1-5H3/b16-6+/t17-,20+,21-,22-,25-,26-,27-/m0/s1. The van der Waals surface area contributed by atoms with Crippen molar-refractivity contribution in [2.45, 2.75) is 84.5 Å². The van der Waals surface area contributed by atoms with Gasteiger partial charge in [0.2, 0.25) is 0 Å². The van der Waals surface area contributed by atoms with Gasteiger partial charge in [-0.3, -0.25) is 4.79 Å². The maximum absolute atomic E-state index is 12.9. The first-order chi connectivity index (χ1) is 16.5. The molecule has 2 saturated carbocycles. The molecule has 0 bridgehead atoms. The molecule has 0 radical (unpaired) electrons. The number of rotatable bonds is 7. The van der Waals surface area contributed by atoms with E-state index < -0.39 is 34.6 Å². The molecule has 0 aromatic rings. The van der Waals surface area contributed by atoms with Gasteiger partial charge in [0.05, 0.1) is 18.1 Å². The van der Waals surface area contributed by atoms with E-state index in [1.165, 1.54) is 13.0 Å². The first-order valence-electron chi connectivity index (χ1n) is 12.7. The monoisotopic (exact) mass is 490 g/mol. The molecule has 0 amide bonds. The molecule has 1 spiro atoms. The number of aliphatic hydroxyl groups is 1. The van der Waals surface area contributed by atoms with E-state index in [2.05, 4.69) is 13.8 Å². The first kappa shape index (κ1) is 25.9.